The second-order valence-electron chi connectivity index (χ2n) is 3.32. The number of hydrogen-bond acceptors (Lipinski definition) is 2. The van der Waals surface area contributed by atoms with Gasteiger partial charge in [-0.25, -0.2) is 4.39 Å². The van der Waals surface area contributed by atoms with Crippen LogP contribution in [0.25, 0.3) is 0 Å². The zero-order valence-electron chi connectivity index (χ0n) is 8.87. The monoisotopic (exact) mass is 240 g/mol. The van der Waals surface area contributed by atoms with E-state index in [-0.39, 0.29) is 10.6 Å². The number of benzene rings is 1. The van der Waals surface area contributed by atoms with Crippen molar-refractivity contribution < 1.29 is 9.18 Å². The van der Waals surface area contributed by atoms with Crippen LogP contribution >= 0.6 is 11.6 Å². The molecule has 1 atom stereocenters. The molecule has 84 valence electrons. The Balaban J connectivity index is 3.07. The topological polar surface area (TPSA) is 44.1 Å². The van der Waals surface area contributed by atoms with Crippen molar-refractivity contribution >= 4 is 17.5 Å². The van der Waals surface area contributed by atoms with E-state index < -0.39 is 17.8 Å². The van der Waals surface area contributed by atoms with Crippen molar-refractivity contribution in [1.82, 2.24) is 4.90 Å². The molecule has 0 aliphatic rings. The summed E-state index contributed by atoms with van der Waals surface area (Å²) < 4.78 is 13.1. The quantitative estimate of drug-likeness (QED) is 0.797. The molecule has 3 nitrogen and oxygen atoms in total. The molecule has 16 heavy (non-hydrogen) atoms. The van der Waals surface area contributed by atoms with Crippen LogP contribution in [-0.2, 0) is 0 Å². The Labute approximate surface area is 98.0 Å². The predicted octanol–water partition coefficient (Wildman–Crippen LogP) is 2.46. The smallest absolute Gasteiger partial charge is 0.256 e. The Morgan fingerprint density at radius 2 is 2.25 bits per heavy atom. The molecule has 0 fully saturated rings. The average molecular weight is 241 g/mol. The molecule has 1 aromatic rings. The van der Waals surface area contributed by atoms with Crippen LogP contribution in [0.3, 0.4) is 0 Å². The fraction of sp³-hybridized carbons (Fsp3) is 0.273. The number of hydrogen-bond donors (Lipinski definition) is 0. The number of carbonyl (C=O) groups excluding carboxylic acids is 1. The van der Waals surface area contributed by atoms with Gasteiger partial charge in [-0.1, -0.05) is 17.7 Å². The van der Waals surface area contributed by atoms with Crippen LogP contribution in [0, 0.1) is 17.1 Å². The maximum absolute atomic E-state index is 13.1. The fourth-order valence-electron chi connectivity index (χ4n) is 1.12. The normalized spacial score (nSPS) is 11.7. The van der Waals surface area contributed by atoms with Crippen LogP contribution in [-0.4, -0.2) is 23.9 Å². The maximum Gasteiger partial charge on any atom is 0.256 e. The van der Waals surface area contributed by atoms with Gasteiger partial charge < -0.3 is 4.90 Å². The minimum absolute atomic E-state index is 0.0614. The molecule has 0 heterocycles. The minimum Gasteiger partial charge on any atom is -0.326 e. The number of carbonyl (C=O) groups is 1. The van der Waals surface area contributed by atoms with Crippen molar-refractivity contribution in [3.63, 3.8) is 0 Å². The van der Waals surface area contributed by atoms with Gasteiger partial charge in [-0.15, -0.1) is 0 Å². The van der Waals surface area contributed by atoms with Crippen molar-refractivity contribution in [2.24, 2.45) is 0 Å². The Hall–Kier alpha value is -1.60. The first-order valence-electron chi connectivity index (χ1n) is 4.59. The third-order valence-electron chi connectivity index (χ3n) is 2.27. The Kier molecular flexibility index (Phi) is 3.86. The first-order valence-corrected chi connectivity index (χ1v) is 4.97. The van der Waals surface area contributed by atoms with Crippen LogP contribution in [0.4, 0.5) is 4.39 Å². The molecule has 0 aliphatic carbocycles. The Morgan fingerprint density at radius 3 is 2.81 bits per heavy atom. The van der Waals surface area contributed by atoms with E-state index in [1.807, 2.05) is 6.07 Å². The van der Waals surface area contributed by atoms with E-state index in [0.29, 0.717) is 0 Å². The zero-order chi connectivity index (χ0) is 12.3. The number of nitrogens with zero attached hydrogens (tertiary/aromatic N) is 2. The van der Waals surface area contributed by atoms with Crippen LogP contribution in [0.5, 0.6) is 0 Å². The van der Waals surface area contributed by atoms with Crippen LogP contribution < -0.4 is 0 Å². The van der Waals surface area contributed by atoms with Crippen molar-refractivity contribution in [2.45, 2.75) is 13.0 Å². The standard InChI is InChI=1S/C11H10ClFN2O/c1-7(6-14)15(2)11(16)8-4-3-5-9(13)10(8)12/h3-5,7H,1-2H3. The minimum atomic E-state index is -0.648. The summed E-state index contributed by atoms with van der Waals surface area (Å²) >= 11 is 5.67. The number of rotatable bonds is 2. The Morgan fingerprint density at radius 1 is 1.62 bits per heavy atom. The summed E-state index contributed by atoms with van der Waals surface area (Å²) in [6.45, 7) is 1.57. The first-order chi connectivity index (χ1) is 7.49. The molecular formula is C11H10ClFN2O. The molecule has 1 rings (SSSR count). The van der Waals surface area contributed by atoms with Crippen LogP contribution in [0.1, 0.15) is 17.3 Å². The molecule has 0 saturated carbocycles. The van der Waals surface area contributed by atoms with Crippen molar-refractivity contribution in [1.29, 1.82) is 5.26 Å². The molecule has 0 N–H and O–H groups in total. The van der Waals surface area contributed by atoms with E-state index in [4.69, 9.17) is 16.9 Å². The summed E-state index contributed by atoms with van der Waals surface area (Å²) in [5, 5.41) is 8.46. The average Bonchev–Trinajstić information content (AvgIpc) is 2.29. The lowest BCUT2D eigenvalue weighted by atomic mass is 10.1. The van der Waals surface area contributed by atoms with Crippen molar-refractivity contribution in [3.8, 4) is 6.07 Å². The van der Waals surface area contributed by atoms with Gasteiger partial charge >= 0.3 is 0 Å². The summed E-state index contributed by atoms with van der Waals surface area (Å²) in [6.07, 6.45) is 0. The molecule has 1 amide bonds. The summed E-state index contributed by atoms with van der Waals surface area (Å²) in [7, 11) is 1.47. The maximum atomic E-state index is 13.1. The molecule has 1 unspecified atom stereocenters. The van der Waals surface area contributed by atoms with E-state index in [1.165, 1.54) is 30.1 Å². The molecule has 0 bridgehead atoms. The summed E-state index contributed by atoms with van der Waals surface area (Å²) in [5.74, 6) is -1.12. The van der Waals surface area contributed by atoms with E-state index in [1.54, 1.807) is 6.92 Å². The molecular weight excluding hydrogens is 231 g/mol. The van der Waals surface area contributed by atoms with Gasteiger partial charge in [0.25, 0.3) is 5.91 Å². The fourth-order valence-corrected chi connectivity index (χ4v) is 1.33. The molecule has 5 heteroatoms. The molecule has 1 aromatic carbocycles. The van der Waals surface area contributed by atoms with Gasteiger partial charge in [-0.3, -0.25) is 4.79 Å². The molecule has 0 saturated heterocycles. The largest absolute Gasteiger partial charge is 0.326 e. The molecule has 0 spiro atoms. The highest BCUT2D eigenvalue weighted by molar-refractivity contribution is 6.34. The summed E-state index contributed by atoms with van der Waals surface area (Å²) in [5.41, 5.74) is 0.0614. The lowest BCUT2D eigenvalue weighted by Crippen LogP contribution is -2.34. The third-order valence-corrected chi connectivity index (χ3v) is 2.65. The highest BCUT2D eigenvalue weighted by Gasteiger charge is 2.20. The van der Waals surface area contributed by atoms with Gasteiger partial charge in [-0.05, 0) is 19.1 Å². The van der Waals surface area contributed by atoms with Gasteiger partial charge in [0.15, 0.2) is 0 Å². The van der Waals surface area contributed by atoms with Gasteiger partial charge in [0.2, 0.25) is 0 Å². The second-order valence-corrected chi connectivity index (χ2v) is 3.70. The number of halogens is 2. The molecule has 0 aromatic heterocycles. The van der Waals surface area contributed by atoms with E-state index in [9.17, 15) is 9.18 Å². The zero-order valence-corrected chi connectivity index (χ0v) is 9.62. The molecule has 0 radical (unpaired) electrons. The van der Waals surface area contributed by atoms with Crippen molar-refractivity contribution in [3.05, 3.63) is 34.6 Å². The third kappa shape index (κ3) is 2.31. The van der Waals surface area contributed by atoms with Gasteiger partial charge in [0.05, 0.1) is 16.7 Å². The highest BCUT2D eigenvalue weighted by atomic mass is 35.5. The van der Waals surface area contributed by atoms with E-state index >= 15 is 0 Å². The summed E-state index contributed by atoms with van der Waals surface area (Å²) in [4.78, 5) is 13.1. The van der Waals surface area contributed by atoms with E-state index in [0.717, 1.165) is 0 Å². The van der Waals surface area contributed by atoms with Crippen molar-refractivity contribution in [2.75, 3.05) is 7.05 Å². The van der Waals surface area contributed by atoms with E-state index in [2.05, 4.69) is 0 Å². The van der Waals surface area contributed by atoms with Crippen LogP contribution in [0.15, 0.2) is 18.2 Å². The Bertz CT molecular complexity index is 456. The SMILES string of the molecule is CC(C#N)N(C)C(=O)c1cccc(F)c1Cl. The van der Waals surface area contributed by atoms with Gasteiger partial charge in [0, 0.05) is 7.05 Å². The first kappa shape index (κ1) is 12.5. The highest BCUT2D eigenvalue weighted by Crippen LogP contribution is 2.21. The second kappa shape index (κ2) is 4.95. The van der Waals surface area contributed by atoms with Gasteiger partial charge in [0.1, 0.15) is 11.9 Å². The lowest BCUT2D eigenvalue weighted by molar-refractivity contribution is 0.0773. The number of nitriles is 1. The lowest BCUT2D eigenvalue weighted by Gasteiger charge is -2.19. The van der Waals surface area contributed by atoms with Crippen LogP contribution in [0.2, 0.25) is 5.02 Å². The van der Waals surface area contributed by atoms with Gasteiger partial charge in [-0.2, -0.15) is 5.26 Å². The predicted molar refractivity (Wildman–Crippen MR) is 58.6 cm³/mol. The number of amides is 1. The summed E-state index contributed by atoms with van der Waals surface area (Å²) in [6, 6.07) is 5.33. The molecule has 0 aliphatic heterocycles.